The lowest BCUT2D eigenvalue weighted by Crippen LogP contribution is -2.43. The first-order valence-corrected chi connectivity index (χ1v) is 9.55. The number of hydrogen-bond acceptors (Lipinski definition) is 4. The second-order valence-corrected chi connectivity index (χ2v) is 6.83. The number of carbonyl (C=O) groups is 2. The molecule has 0 saturated heterocycles. The van der Waals surface area contributed by atoms with Crippen LogP contribution in [0.25, 0.3) is 0 Å². The van der Waals surface area contributed by atoms with Crippen LogP contribution in [0, 0.1) is 11.6 Å². The topological polar surface area (TPSA) is 64.6 Å². The molecule has 0 saturated carbocycles. The SMILES string of the molecule is COC(=O)[C@H](Cc1cccc(OCc2ccccc2)c1)NC(=O)c1cc(F)cc(F)c1. The summed E-state index contributed by atoms with van der Waals surface area (Å²) in [5, 5.41) is 2.48. The summed E-state index contributed by atoms with van der Waals surface area (Å²) in [6.45, 7) is 0.382. The van der Waals surface area contributed by atoms with Gasteiger partial charge in [0.1, 0.15) is 30.0 Å². The number of hydrogen-bond donors (Lipinski definition) is 1. The molecule has 0 unspecified atom stereocenters. The van der Waals surface area contributed by atoms with Crippen LogP contribution in [0.15, 0.2) is 72.8 Å². The third kappa shape index (κ3) is 6.37. The fourth-order valence-corrected chi connectivity index (χ4v) is 3.00. The lowest BCUT2D eigenvalue weighted by Gasteiger charge is -2.17. The summed E-state index contributed by atoms with van der Waals surface area (Å²) >= 11 is 0. The number of rotatable bonds is 8. The van der Waals surface area contributed by atoms with Crippen LogP contribution in [-0.4, -0.2) is 25.0 Å². The molecule has 3 aromatic rings. The minimum atomic E-state index is -1.05. The Kier molecular flexibility index (Phi) is 7.32. The van der Waals surface area contributed by atoms with Gasteiger partial charge < -0.3 is 14.8 Å². The van der Waals surface area contributed by atoms with E-state index in [2.05, 4.69) is 5.32 Å². The zero-order valence-corrected chi connectivity index (χ0v) is 16.8. The van der Waals surface area contributed by atoms with E-state index in [0.717, 1.165) is 17.7 Å². The largest absolute Gasteiger partial charge is 0.489 e. The van der Waals surface area contributed by atoms with Crippen molar-refractivity contribution in [1.82, 2.24) is 5.32 Å². The average Bonchev–Trinajstić information content (AvgIpc) is 2.77. The van der Waals surface area contributed by atoms with E-state index in [1.165, 1.54) is 7.11 Å². The number of esters is 1. The van der Waals surface area contributed by atoms with Crippen molar-refractivity contribution < 1.29 is 27.8 Å². The Bertz CT molecular complexity index is 1040. The highest BCUT2D eigenvalue weighted by molar-refractivity contribution is 5.96. The van der Waals surface area contributed by atoms with Crippen molar-refractivity contribution in [1.29, 1.82) is 0 Å². The van der Waals surface area contributed by atoms with Crippen LogP contribution in [0.2, 0.25) is 0 Å². The molecule has 31 heavy (non-hydrogen) atoms. The molecule has 0 aliphatic rings. The normalized spacial score (nSPS) is 11.5. The maximum absolute atomic E-state index is 13.4. The minimum absolute atomic E-state index is 0.110. The Balaban J connectivity index is 1.70. The molecule has 0 fully saturated rings. The van der Waals surface area contributed by atoms with Gasteiger partial charge in [0.25, 0.3) is 5.91 Å². The molecule has 1 amide bonds. The van der Waals surface area contributed by atoms with E-state index in [1.54, 1.807) is 24.3 Å². The van der Waals surface area contributed by atoms with E-state index in [0.29, 0.717) is 24.0 Å². The molecule has 0 heterocycles. The number of ether oxygens (including phenoxy) is 2. The summed E-state index contributed by atoms with van der Waals surface area (Å²) in [6, 6.07) is 18.1. The third-order valence-corrected chi connectivity index (χ3v) is 4.50. The van der Waals surface area contributed by atoms with E-state index < -0.39 is 29.6 Å². The fourth-order valence-electron chi connectivity index (χ4n) is 3.00. The summed E-state index contributed by atoms with van der Waals surface area (Å²) in [5.41, 5.74) is 1.49. The number of benzene rings is 3. The van der Waals surface area contributed by atoms with E-state index in [4.69, 9.17) is 9.47 Å². The van der Waals surface area contributed by atoms with Crippen LogP contribution in [-0.2, 0) is 22.6 Å². The Hall–Kier alpha value is -3.74. The quantitative estimate of drug-likeness (QED) is 0.553. The molecule has 7 heteroatoms. The second-order valence-electron chi connectivity index (χ2n) is 6.83. The summed E-state index contributed by atoms with van der Waals surface area (Å²) in [6.07, 6.45) is 0.110. The molecule has 5 nitrogen and oxygen atoms in total. The van der Waals surface area contributed by atoms with E-state index in [-0.39, 0.29) is 12.0 Å². The highest BCUT2D eigenvalue weighted by atomic mass is 19.1. The van der Waals surface area contributed by atoms with E-state index >= 15 is 0 Å². The number of halogens is 2. The van der Waals surface area contributed by atoms with Crippen LogP contribution in [0.5, 0.6) is 5.75 Å². The average molecular weight is 425 g/mol. The Morgan fingerprint density at radius 1 is 0.903 bits per heavy atom. The molecular weight excluding hydrogens is 404 g/mol. The maximum atomic E-state index is 13.4. The van der Waals surface area contributed by atoms with Crippen LogP contribution in [0.3, 0.4) is 0 Å². The summed E-state index contributed by atoms with van der Waals surface area (Å²) in [4.78, 5) is 24.6. The smallest absolute Gasteiger partial charge is 0.328 e. The van der Waals surface area contributed by atoms with Gasteiger partial charge in [-0.1, -0.05) is 42.5 Å². The van der Waals surface area contributed by atoms with E-state index in [1.807, 2.05) is 30.3 Å². The molecule has 3 aromatic carbocycles. The molecule has 0 aliphatic carbocycles. The molecule has 160 valence electrons. The third-order valence-electron chi connectivity index (χ3n) is 4.50. The van der Waals surface area contributed by atoms with Crippen LogP contribution >= 0.6 is 0 Å². The van der Waals surface area contributed by atoms with Gasteiger partial charge in [-0.15, -0.1) is 0 Å². The molecule has 0 aromatic heterocycles. The highest BCUT2D eigenvalue weighted by Crippen LogP contribution is 2.17. The van der Waals surface area contributed by atoms with Gasteiger partial charge in [0.15, 0.2) is 0 Å². The molecule has 0 bridgehead atoms. The lowest BCUT2D eigenvalue weighted by atomic mass is 10.0. The molecule has 0 spiro atoms. The van der Waals surface area contributed by atoms with Crippen LogP contribution in [0.1, 0.15) is 21.5 Å². The van der Waals surface area contributed by atoms with Gasteiger partial charge in [-0.25, -0.2) is 13.6 Å². The maximum Gasteiger partial charge on any atom is 0.328 e. The predicted molar refractivity (Wildman–Crippen MR) is 111 cm³/mol. The standard InChI is InChI=1S/C24H21F2NO4/c1-30-24(29)22(27-23(28)18-12-19(25)14-20(26)13-18)11-17-8-5-9-21(10-17)31-15-16-6-3-2-4-7-16/h2-10,12-14,22H,11,15H2,1H3,(H,27,28)/t22-/m0/s1. The molecule has 0 radical (unpaired) electrons. The number of methoxy groups -OCH3 is 1. The van der Waals surface area contributed by atoms with Crippen molar-refractivity contribution in [3.05, 3.63) is 101 Å². The van der Waals surface area contributed by atoms with Gasteiger partial charge >= 0.3 is 5.97 Å². The fraction of sp³-hybridized carbons (Fsp3) is 0.167. The molecule has 3 rings (SSSR count). The Morgan fingerprint density at radius 2 is 1.58 bits per heavy atom. The van der Waals surface area contributed by atoms with Gasteiger partial charge in [-0.2, -0.15) is 0 Å². The van der Waals surface area contributed by atoms with Gasteiger partial charge in [0, 0.05) is 18.1 Å². The lowest BCUT2D eigenvalue weighted by molar-refractivity contribution is -0.142. The van der Waals surface area contributed by atoms with Gasteiger partial charge in [0.05, 0.1) is 7.11 Å². The first kappa shape index (κ1) is 22.0. The van der Waals surface area contributed by atoms with Crippen molar-refractivity contribution in [3.63, 3.8) is 0 Å². The van der Waals surface area contributed by atoms with Crippen LogP contribution in [0.4, 0.5) is 8.78 Å². The number of carbonyl (C=O) groups excluding carboxylic acids is 2. The second kappa shape index (κ2) is 10.3. The predicted octanol–water partition coefficient (Wildman–Crippen LogP) is 4.06. The first-order chi connectivity index (χ1) is 14.9. The zero-order chi connectivity index (χ0) is 22.2. The van der Waals surface area contributed by atoms with Crippen molar-refractivity contribution >= 4 is 11.9 Å². The van der Waals surface area contributed by atoms with Crippen molar-refractivity contribution in [3.8, 4) is 5.75 Å². The monoisotopic (exact) mass is 425 g/mol. The Labute approximate surface area is 178 Å². The highest BCUT2D eigenvalue weighted by Gasteiger charge is 2.23. The van der Waals surface area contributed by atoms with Gasteiger partial charge in [0.2, 0.25) is 0 Å². The first-order valence-electron chi connectivity index (χ1n) is 9.55. The minimum Gasteiger partial charge on any atom is -0.489 e. The number of amides is 1. The molecule has 1 N–H and O–H groups in total. The molecular formula is C24H21F2NO4. The molecule has 0 aliphatic heterocycles. The van der Waals surface area contributed by atoms with Crippen LogP contribution < -0.4 is 10.1 Å². The summed E-state index contributed by atoms with van der Waals surface area (Å²) in [7, 11) is 1.20. The number of nitrogens with one attached hydrogen (secondary N) is 1. The Morgan fingerprint density at radius 3 is 2.26 bits per heavy atom. The van der Waals surface area contributed by atoms with Crippen molar-refractivity contribution in [2.45, 2.75) is 19.1 Å². The van der Waals surface area contributed by atoms with E-state index in [9.17, 15) is 18.4 Å². The summed E-state index contributed by atoms with van der Waals surface area (Å²) in [5.74, 6) is -2.64. The van der Waals surface area contributed by atoms with Gasteiger partial charge in [-0.05, 0) is 35.4 Å². The van der Waals surface area contributed by atoms with Crippen molar-refractivity contribution in [2.75, 3.05) is 7.11 Å². The summed E-state index contributed by atoms with van der Waals surface area (Å²) < 4.78 is 37.4. The van der Waals surface area contributed by atoms with Crippen molar-refractivity contribution in [2.24, 2.45) is 0 Å². The van der Waals surface area contributed by atoms with Gasteiger partial charge in [-0.3, -0.25) is 4.79 Å². The molecule has 1 atom stereocenters. The zero-order valence-electron chi connectivity index (χ0n) is 16.8.